The van der Waals surface area contributed by atoms with Crippen molar-refractivity contribution in [2.24, 2.45) is 0 Å². The van der Waals surface area contributed by atoms with Crippen LogP contribution in [0.5, 0.6) is 0 Å². The molecular weight excluding hydrogens is 434 g/mol. The molecule has 1 aliphatic heterocycles. The summed E-state index contributed by atoms with van der Waals surface area (Å²) in [7, 11) is 3.46. The van der Waals surface area contributed by atoms with Crippen molar-refractivity contribution in [2.75, 3.05) is 50.9 Å². The van der Waals surface area contributed by atoms with E-state index in [9.17, 15) is 14.7 Å². The summed E-state index contributed by atoms with van der Waals surface area (Å²) < 4.78 is 0. The number of carbonyl (C=O) groups excluding carboxylic acids is 1. The second kappa shape index (κ2) is 12.8. The lowest BCUT2D eigenvalue weighted by Gasteiger charge is -2.25. The van der Waals surface area contributed by atoms with Crippen molar-refractivity contribution in [1.29, 1.82) is 0 Å². The number of aliphatic carboxylic acids is 1. The molecule has 2 aromatic rings. The molecule has 0 aromatic carbocycles. The van der Waals surface area contributed by atoms with Crippen molar-refractivity contribution < 1.29 is 14.7 Å². The van der Waals surface area contributed by atoms with Gasteiger partial charge in [-0.3, -0.25) is 9.69 Å². The highest BCUT2D eigenvalue weighted by Crippen LogP contribution is 2.20. The first-order valence-electron chi connectivity index (χ1n) is 11.8. The fourth-order valence-corrected chi connectivity index (χ4v) is 3.88. The number of amides is 1. The van der Waals surface area contributed by atoms with E-state index in [2.05, 4.69) is 32.7 Å². The minimum absolute atomic E-state index is 0.00179. The van der Waals surface area contributed by atoms with E-state index < -0.39 is 12.0 Å². The van der Waals surface area contributed by atoms with Crippen LogP contribution in [-0.2, 0) is 22.4 Å². The summed E-state index contributed by atoms with van der Waals surface area (Å²) >= 11 is 0. The Kier molecular flexibility index (Phi) is 9.57. The van der Waals surface area contributed by atoms with Crippen molar-refractivity contribution in [3.8, 4) is 0 Å². The van der Waals surface area contributed by atoms with Crippen LogP contribution >= 0.6 is 0 Å². The Morgan fingerprint density at radius 2 is 2.06 bits per heavy atom. The van der Waals surface area contributed by atoms with E-state index in [1.165, 1.54) is 11.9 Å². The van der Waals surface area contributed by atoms with Gasteiger partial charge in [-0.05, 0) is 62.8 Å². The van der Waals surface area contributed by atoms with Gasteiger partial charge in [0.15, 0.2) is 0 Å². The van der Waals surface area contributed by atoms with E-state index in [0.29, 0.717) is 25.3 Å². The van der Waals surface area contributed by atoms with Crippen LogP contribution in [0.4, 0.5) is 11.6 Å². The Balaban J connectivity index is 1.51. The van der Waals surface area contributed by atoms with Crippen LogP contribution in [-0.4, -0.2) is 88.1 Å². The fourth-order valence-electron chi connectivity index (χ4n) is 3.88. The molecule has 3 heterocycles. The first-order valence-corrected chi connectivity index (χ1v) is 11.8. The molecule has 3 rings (SSSR count). The van der Waals surface area contributed by atoms with Crippen LogP contribution in [0.25, 0.3) is 0 Å². The molecule has 0 radical (unpaired) electrons. The van der Waals surface area contributed by atoms with Gasteiger partial charge in [0, 0.05) is 39.1 Å². The average Bonchev–Trinajstić information content (AvgIpc) is 2.84. The fraction of sp³-hybridized carbons (Fsp3) is 0.542. The standard InChI is InChI=1S/C24H35N7O3/c1-30(2)22(32)16-31(15-11-20(24(33)34)29-21-10-13-25-17-27-21)14-4-3-7-19-9-8-18-6-5-12-26-23(18)28-19/h8-10,13,17,20H,3-7,11-12,14-16H2,1-2H3,(H,26,28)(H,33,34)(H,25,27,29). The number of anilines is 2. The monoisotopic (exact) mass is 469 g/mol. The maximum atomic E-state index is 12.3. The van der Waals surface area contributed by atoms with Gasteiger partial charge in [0.25, 0.3) is 0 Å². The second-order valence-corrected chi connectivity index (χ2v) is 8.78. The lowest BCUT2D eigenvalue weighted by molar-refractivity contribution is -0.138. The van der Waals surface area contributed by atoms with E-state index in [4.69, 9.17) is 4.98 Å². The topological polar surface area (TPSA) is 124 Å². The molecule has 0 saturated carbocycles. The van der Waals surface area contributed by atoms with E-state index in [1.54, 1.807) is 31.3 Å². The number of likely N-dealkylation sites (N-methyl/N-ethyl adjacent to an activating group) is 1. The molecule has 0 spiro atoms. The van der Waals surface area contributed by atoms with Crippen LogP contribution < -0.4 is 10.6 Å². The SMILES string of the molecule is CN(C)C(=O)CN(CCCCc1ccc2c(n1)NCCC2)CCC(Nc1ccncn1)C(=O)O. The molecule has 2 aromatic heterocycles. The number of carbonyl (C=O) groups is 2. The van der Waals surface area contributed by atoms with Crippen molar-refractivity contribution in [1.82, 2.24) is 24.8 Å². The highest BCUT2D eigenvalue weighted by molar-refractivity contribution is 5.78. The number of carboxylic acids is 1. The Hall–Kier alpha value is -3.27. The van der Waals surface area contributed by atoms with Crippen LogP contribution in [0.15, 0.2) is 30.7 Å². The maximum absolute atomic E-state index is 12.3. The zero-order valence-electron chi connectivity index (χ0n) is 20.0. The molecular formula is C24H35N7O3. The molecule has 1 aliphatic rings. The van der Waals surface area contributed by atoms with Gasteiger partial charge in [-0.2, -0.15) is 0 Å². The number of rotatable bonds is 13. The molecule has 184 valence electrons. The first kappa shape index (κ1) is 25.4. The van der Waals surface area contributed by atoms with E-state index >= 15 is 0 Å². The number of hydrogen-bond acceptors (Lipinski definition) is 8. The molecule has 1 unspecified atom stereocenters. The molecule has 1 atom stereocenters. The Morgan fingerprint density at radius 1 is 1.21 bits per heavy atom. The highest BCUT2D eigenvalue weighted by Gasteiger charge is 2.20. The average molecular weight is 470 g/mol. The minimum atomic E-state index is -0.954. The number of nitrogens with zero attached hydrogens (tertiary/aromatic N) is 5. The van der Waals surface area contributed by atoms with Crippen molar-refractivity contribution >= 4 is 23.5 Å². The van der Waals surface area contributed by atoms with Gasteiger partial charge in [0.05, 0.1) is 6.54 Å². The number of aryl methyl sites for hydroxylation is 2. The van der Waals surface area contributed by atoms with Gasteiger partial charge in [-0.15, -0.1) is 0 Å². The maximum Gasteiger partial charge on any atom is 0.326 e. The van der Waals surface area contributed by atoms with Crippen LogP contribution in [0.3, 0.4) is 0 Å². The normalized spacial score (nSPS) is 13.6. The van der Waals surface area contributed by atoms with Crippen LogP contribution in [0, 0.1) is 0 Å². The van der Waals surface area contributed by atoms with E-state index in [-0.39, 0.29) is 12.5 Å². The number of hydrogen-bond donors (Lipinski definition) is 3. The first-order chi connectivity index (χ1) is 16.4. The number of carboxylic acid groups (broad SMARTS) is 1. The van der Waals surface area contributed by atoms with Crippen molar-refractivity contribution in [3.63, 3.8) is 0 Å². The molecule has 3 N–H and O–H groups in total. The summed E-state index contributed by atoms with van der Waals surface area (Å²) in [6.07, 6.45) is 8.21. The summed E-state index contributed by atoms with van der Waals surface area (Å²) in [5.74, 6) is 0.519. The summed E-state index contributed by atoms with van der Waals surface area (Å²) in [4.78, 5) is 40.3. The second-order valence-electron chi connectivity index (χ2n) is 8.78. The quantitative estimate of drug-likeness (QED) is 0.377. The Labute approximate surface area is 200 Å². The predicted octanol–water partition coefficient (Wildman–Crippen LogP) is 1.90. The number of aromatic nitrogens is 3. The van der Waals surface area contributed by atoms with Gasteiger partial charge in [-0.1, -0.05) is 6.07 Å². The van der Waals surface area contributed by atoms with Crippen molar-refractivity contribution in [3.05, 3.63) is 42.0 Å². The third kappa shape index (κ3) is 7.95. The molecule has 0 bridgehead atoms. The number of nitrogens with one attached hydrogen (secondary N) is 2. The third-order valence-electron chi connectivity index (χ3n) is 5.90. The zero-order valence-corrected chi connectivity index (χ0v) is 20.0. The minimum Gasteiger partial charge on any atom is -0.480 e. The lowest BCUT2D eigenvalue weighted by Crippen LogP contribution is -2.40. The number of pyridine rings is 1. The number of unbranched alkanes of at least 4 members (excludes halogenated alkanes) is 1. The van der Waals surface area contributed by atoms with E-state index in [1.807, 2.05) is 4.90 Å². The molecule has 34 heavy (non-hydrogen) atoms. The van der Waals surface area contributed by atoms with Gasteiger partial charge in [-0.25, -0.2) is 19.7 Å². The molecule has 0 saturated heterocycles. The molecule has 0 fully saturated rings. The van der Waals surface area contributed by atoms with Crippen LogP contribution in [0.2, 0.25) is 0 Å². The van der Waals surface area contributed by atoms with Gasteiger partial charge in [0.2, 0.25) is 5.91 Å². The summed E-state index contributed by atoms with van der Waals surface area (Å²) in [6, 6.07) is 5.10. The Bertz CT molecular complexity index is 939. The van der Waals surface area contributed by atoms with Crippen LogP contribution in [0.1, 0.15) is 36.9 Å². The largest absolute Gasteiger partial charge is 0.480 e. The summed E-state index contributed by atoms with van der Waals surface area (Å²) in [5, 5.41) is 15.9. The van der Waals surface area contributed by atoms with Crippen molar-refractivity contribution in [2.45, 2.75) is 44.6 Å². The number of fused-ring (bicyclic) bond motifs is 1. The third-order valence-corrected chi connectivity index (χ3v) is 5.90. The molecule has 1 amide bonds. The van der Waals surface area contributed by atoms with Gasteiger partial charge in [0.1, 0.15) is 24.0 Å². The smallest absolute Gasteiger partial charge is 0.326 e. The predicted molar refractivity (Wildman–Crippen MR) is 131 cm³/mol. The Morgan fingerprint density at radius 3 is 2.79 bits per heavy atom. The van der Waals surface area contributed by atoms with E-state index in [0.717, 1.165) is 50.2 Å². The lowest BCUT2D eigenvalue weighted by atomic mass is 10.1. The highest BCUT2D eigenvalue weighted by atomic mass is 16.4. The molecule has 10 nitrogen and oxygen atoms in total. The zero-order chi connectivity index (χ0) is 24.3. The van der Waals surface area contributed by atoms with Gasteiger partial charge >= 0.3 is 5.97 Å². The summed E-state index contributed by atoms with van der Waals surface area (Å²) in [6.45, 7) is 2.42. The summed E-state index contributed by atoms with van der Waals surface area (Å²) in [5.41, 5.74) is 2.36. The molecule has 0 aliphatic carbocycles. The molecule has 10 heteroatoms. The van der Waals surface area contributed by atoms with Gasteiger partial charge < -0.3 is 20.6 Å².